The van der Waals surface area contributed by atoms with Crippen LogP contribution in [0.3, 0.4) is 0 Å². The van der Waals surface area contributed by atoms with E-state index in [-0.39, 0.29) is 0 Å². The van der Waals surface area contributed by atoms with Crippen molar-refractivity contribution in [3.05, 3.63) is 146 Å². The van der Waals surface area contributed by atoms with Gasteiger partial charge in [0.05, 0.1) is 0 Å². The summed E-state index contributed by atoms with van der Waals surface area (Å²) in [5, 5.41) is 12.2. The van der Waals surface area contributed by atoms with Gasteiger partial charge in [-0.1, -0.05) is 133 Å². The van der Waals surface area contributed by atoms with E-state index < -0.39 is 0 Å². The number of furan rings is 1. The highest BCUT2D eigenvalue weighted by Crippen LogP contribution is 2.50. The maximum absolute atomic E-state index is 6.65. The molecule has 0 aliphatic heterocycles. The lowest BCUT2D eigenvalue weighted by Crippen LogP contribution is -1.92. The third-order valence-electron chi connectivity index (χ3n) is 8.62. The SMILES string of the molecule is c1ccc(-c2c3ccccc3c(-c3c4ccccc4cc4oc5ccc6ccccc6c5c34)c3ccccc23)cc1. The molecule has 0 N–H and O–H groups in total. The molecule has 0 radical (unpaired) electrons. The van der Waals surface area contributed by atoms with Gasteiger partial charge in [-0.15, -0.1) is 0 Å². The van der Waals surface area contributed by atoms with Gasteiger partial charge >= 0.3 is 0 Å². The molecule has 1 heterocycles. The fraction of sp³-hybridized carbons (Fsp3) is 0. The molecule has 9 rings (SSSR count). The molecule has 0 amide bonds. The standard InChI is InChI=1S/C40H24O/c1-2-13-26(14-3-1)36-30-18-8-10-20-32(30)37(33-21-11-9-19-31(33)36)39-29-17-7-5-15-27(29)24-35-40(39)38-28-16-6-4-12-25(28)22-23-34(38)41-35/h1-24H. The number of fused-ring (bicyclic) bond motifs is 8. The van der Waals surface area contributed by atoms with Crippen LogP contribution >= 0.6 is 0 Å². The lowest BCUT2D eigenvalue weighted by Gasteiger charge is -2.19. The first-order chi connectivity index (χ1) is 20.4. The van der Waals surface area contributed by atoms with Gasteiger partial charge in [0, 0.05) is 16.3 Å². The van der Waals surface area contributed by atoms with E-state index in [0.717, 1.165) is 11.2 Å². The highest BCUT2D eigenvalue weighted by atomic mass is 16.3. The van der Waals surface area contributed by atoms with Gasteiger partial charge in [-0.2, -0.15) is 0 Å². The average Bonchev–Trinajstić information content (AvgIpc) is 3.42. The molecule has 0 saturated carbocycles. The maximum Gasteiger partial charge on any atom is 0.136 e. The lowest BCUT2D eigenvalue weighted by molar-refractivity contribution is 0.670. The highest BCUT2D eigenvalue weighted by Gasteiger charge is 2.23. The van der Waals surface area contributed by atoms with Crippen LogP contribution in [0.4, 0.5) is 0 Å². The van der Waals surface area contributed by atoms with Crippen LogP contribution in [-0.4, -0.2) is 0 Å². The Kier molecular flexibility index (Phi) is 4.67. The van der Waals surface area contributed by atoms with Gasteiger partial charge in [-0.05, 0) is 71.9 Å². The minimum atomic E-state index is 0.921. The van der Waals surface area contributed by atoms with Crippen molar-refractivity contribution < 1.29 is 4.42 Å². The van der Waals surface area contributed by atoms with E-state index in [2.05, 4.69) is 146 Å². The summed E-state index contributed by atoms with van der Waals surface area (Å²) in [6.07, 6.45) is 0. The predicted octanol–water partition coefficient (Wildman–Crippen LogP) is 11.5. The molecule has 0 bridgehead atoms. The van der Waals surface area contributed by atoms with Crippen LogP contribution in [0.2, 0.25) is 0 Å². The fourth-order valence-corrected chi connectivity index (χ4v) is 6.94. The summed E-state index contributed by atoms with van der Waals surface area (Å²) in [5.74, 6) is 0. The van der Waals surface area contributed by atoms with Crippen molar-refractivity contribution in [2.45, 2.75) is 0 Å². The Morgan fingerprint density at radius 2 is 0.854 bits per heavy atom. The zero-order valence-electron chi connectivity index (χ0n) is 22.3. The quantitative estimate of drug-likeness (QED) is 0.207. The first-order valence-electron chi connectivity index (χ1n) is 14.1. The number of rotatable bonds is 2. The number of hydrogen-bond donors (Lipinski definition) is 0. The number of hydrogen-bond acceptors (Lipinski definition) is 1. The molecule has 0 spiro atoms. The maximum atomic E-state index is 6.65. The summed E-state index contributed by atoms with van der Waals surface area (Å²) in [6.45, 7) is 0. The molecule has 1 heteroatoms. The molecule has 0 fully saturated rings. The second-order valence-corrected chi connectivity index (χ2v) is 10.8. The van der Waals surface area contributed by atoms with E-state index in [1.165, 1.54) is 76.1 Å². The highest BCUT2D eigenvalue weighted by molar-refractivity contribution is 6.32. The van der Waals surface area contributed by atoms with Crippen LogP contribution in [0.25, 0.3) is 87.3 Å². The Balaban J connectivity index is 1.58. The Labute approximate surface area is 236 Å². The first kappa shape index (κ1) is 22.4. The van der Waals surface area contributed by atoms with Gasteiger partial charge in [-0.25, -0.2) is 0 Å². The van der Waals surface area contributed by atoms with Gasteiger partial charge in [0.1, 0.15) is 11.2 Å². The Hall–Kier alpha value is -5.40. The second-order valence-electron chi connectivity index (χ2n) is 10.8. The van der Waals surface area contributed by atoms with Crippen molar-refractivity contribution in [3.63, 3.8) is 0 Å². The van der Waals surface area contributed by atoms with E-state index in [1.807, 2.05) is 0 Å². The molecule has 0 saturated heterocycles. The molecule has 9 aromatic rings. The van der Waals surface area contributed by atoms with Gasteiger partial charge < -0.3 is 4.42 Å². The van der Waals surface area contributed by atoms with Crippen molar-refractivity contribution in [2.24, 2.45) is 0 Å². The van der Waals surface area contributed by atoms with E-state index in [0.29, 0.717) is 0 Å². The van der Waals surface area contributed by atoms with Crippen LogP contribution in [0.1, 0.15) is 0 Å². The molecule has 1 aromatic heterocycles. The predicted molar refractivity (Wildman–Crippen MR) is 175 cm³/mol. The third-order valence-corrected chi connectivity index (χ3v) is 8.62. The molecule has 0 atom stereocenters. The topological polar surface area (TPSA) is 13.1 Å². The first-order valence-corrected chi connectivity index (χ1v) is 14.1. The monoisotopic (exact) mass is 520 g/mol. The second kappa shape index (κ2) is 8.55. The summed E-state index contributed by atoms with van der Waals surface area (Å²) in [6, 6.07) is 52.5. The summed E-state index contributed by atoms with van der Waals surface area (Å²) < 4.78 is 6.65. The smallest absolute Gasteiger partial charge is 0.136 e. The van der Waals surface area contributed by atoms with Gasteiger partial charge in [0.15, 0.2) is 0 Å². The van der Waals surface area contributed by atoms with Gasteiger partial charge in [0.2, 0.25) is 0 Å². The summed E-state index contributed by atoms with van der Waals surface area (Å²) in [7, 11) is 0. The van der Waals surface area contributed by atoms with Crippen molar-refractivity contribution in [2.75, 3.05) is 0 Å². The molecular formula is C40H24O. The van der Waals surface area contributed by atoms with Gasteiger partial charge in [0.25, 0.3) is 0 Å². The minimum Gasteiger partial charge on any atom is -0.456 e. The molecule has 41 heavy (non-hydrogen) atoms. The lowest BCUT2D eigenvalue weighted by atomic mass is 9.83. The van der Waals surface area contributed by atoms with Crippen molar-refractivity contribution >= 4 is 65.0 Å². The summed E-state index contributed by atoms with van der Waals surface area (Å²) >= 11 is 0. The molecule has 0 aliphatic rings. The van der Waals surface area contributed by atoms with E-state index in [9.17, 15) is 0 Å². The van der Waals surface area contributed by atoms with Crippen molar-refractivity contribution in [3.8, 4) is 22.3 Å². The van der Waals surface area contributed by atoms with E-state index >= 15 is 0 Å². The summed E-state index contributed by atoms with van der Waals surface area (Å²) in [4.78, 5) is 0. The van der Waals surface area contributed by atoms with E-state index in [1.54, 1.807) is 0 Å². The normalized spacial score (nSPS) is 11.9. The van der Waals surface area contributed by atoms with Crippen LogP contribution in [0.15, 0.2) is 150 Å². The zero-order valence-corrected chi connectivity index (χ0v) is 22.3. The van der Waals surface area contributed by atoms with Crippen LogP contribution in [0, 0.1) is 0 Å². The zero-order chi connectivity index (χ0) is 26.9. The van der Waals surface area contributed by atoms with Crippen LogP contribution in [0.5, 0.6) is 0 Å². The molecule has 8 aromatic carbocycles. The van der Waals surface area contributed by atoms with Crippen LogP contribution < -0.4 is 0 Å². The van der Waals surface area contributed by atoms with Crippen molar-refractivity contribution in [1.82, 2.24) is 0 Å². The molecule has 1 nitrogen and oxygen atoms in total. The fourth-order valence-electron chi connectivity index (χ4n) is 6.94. The van der Waals surface area contributed by atoms with Crippen LogP contribution in [-0.2, 0) is 0 Å². The minimum absolute atomic E-state index is 0.921. The average molecular weight is 521 g/mol. The molecule has 190 valence electrons. The van der Waals surface area contributed by atoms with Crippen molar-refractivity contribution in [1.29, 1.82) is 0 Å². The Morgan fingerprint density at radius 1 is 0.317 bits per heavy atom. The largest absolute Gasteiger partial charge is 0.456 e. The van der Waals surface area contributed by atoms with Gasteiger partial charge in [-0.3, -0.25) is 0 Å². The Morgan fingerprint density at radius 3 is 1.54 bits per heavy atom. The third kappa shape index (κ3) is 3.18. The molecule has 0 aliphatic carbocycles. The molecular weight excluding hydrogens is 496 g/mol. The number of benzene rings is 8. The van der Waals surface area contributed by atoms with E-state index in [4.69, 9.17) is 4.42 Å². The molecule has 0 unspecified atom stereocenters. The summed E-state index contributed by atoms with van der Waals surface area (Å²) in [5.41, 5.74) is 6.84. The Bertz CT molecular complexity index is 2410.